The number of aliphatic imine (C=N–C) groups is 1. The van der Waals surface area contributed by atoms with E-state index in [-0.39, 0.29) is 12.1 Å². The Kier molecular flexibility index (Phi) is 5.32. The first-order chi connectivity index (χ1) is 13.2. The van der Waals surface area contributed by atoms with Gasteiger partial charge in [-0.2, -0.15) is 0 Å². The van der Waals surface area contributed by atoms with Crippen LogP contribution in [0.4, 0.5) is 0 Å². The van der Waals surface area contributed by atoms with Crippen LogP contribution in [0.25, 0.3) is 0 Å². The SMILES string of the molecule is CC[C@@H]1CSC2=N[C@H](c3ccccn3)[C@H](c3cc(Br)c(OC)cc3OC)N21. The van der Waals surface area contributed by atoms with E-state index in [2.05, 4.69) is 44.9 Å². The van der Waals surface area contributed by atoms with E-state index in [1.807, 2.05) is 36.2 Å². The lowest BCUT2D eigenvalue weighted by molar-refractivity contribution is 0.248. The number of hydrogen-bond acceptors (Lipinski definition) is 6. The van der Waals surface area contributed by atoms with Gasteiger partial charge in [-0.15, -0.1) is 0 Å². The lowest BCUT2D eigenvalue weighted by Gasteiger charge is -2.33. The Hall–Kier alpha value is -1.73. The Labute approximate surface area is 172 Å². The quantitative estimate of drug-likeness (QED) is 0.655. The van der Waals surface area contributed by atoms with Crippen LogP contribution in [0.3, 0.4) is 0 Å². The fourth-order valence-corrected chi connectivity index (χ4v) is 5.66. The van der Waals surface area contributed by atoms with Crippen LogP contribution in [0, 0.1) is 0 Å². The summed E-state index contributed by atoms with van der Waals surface area (Å²) in [4.78, 5) is 12.1. The lowest BCUT2D eigenvalue weighted by Crippen LogP contribution is -2.35. The van der Waals surface area contributed by atoms with Crippen LogP contribution >= 0.6 is 27.7 Å². The van der Waals surface area contributed by atoms with E-state index in [1.54, 1.807) is 14.2 Å². The highest BCUT2D eigenvalue weighted by molar-refractivity contribution is 9.10. The van der Waals surface area contributed by atoms with Gasteiger partial charge in [0.2, 0.25) is 0 Å². The number of nitrogens with zero attached hydrogens (tertiary/aromatic N) is 3. The molecule has 2 aliphatic heterocycles. The van der Waals surface area contributed by atoms with E-state index in [0.717, 1.165) is 44.6 Å². The standard InChI is InChI=1S/C20H22BrN3O2S/c1-4-12-11-27-20-23-18(15-7-5-6-8-22-15)19(24(12)20)13-9-14(21)17(26-3)10-16(13)25-2/h5-10,12,18-19H,4,11H2,1-3H3/t12-,18-,19+/m1/s1. The molecule has 0 amide bonds. The van der Waals surface area contributed by atoms with E-state index < -0.39 is 0 Å². The van der Waals surface area contributed by atoms with Crippen molar-refractivity contribution < 1.29 is 9.47 Å². The third-order valence-corrected chi connectivity index (χ3v) is 6.90. The minimum atomic E-state index is -0.0581. The predicted molar refractivity (Wildman–Crippen MR) is 113 cm³/mol. The number of ether oxygens (including phenoxy) is 2. The normalized spacial score (nSPS) is 23.9. The number of hydrogen-bond donors (Lipinski definition) is 0. The molecule has 0 saturated carbocycles. The monoisotopic (exact) mass is 447 g/mol. The Balaban J connectivity index is 1.86. The summed E-state index contributed by atoms with van der Waals surface area (Å²) in [5.41, 5.74) is 2.08. The highest BCUT2D eigenvalue weighted by atomic mass is 79.9. The summed E-state index contributed by atoms with van der Waals surface area (Å²) in [6.07, 6.45) is 2.92. The van der Waals surface area contributed by atoms with Crippen LogP contribution in [0.2, 0.25) is 0 Å². The predicted octanol–water partition coefficient (Wildman–Crippen LogP) is 4.84. The van der Waals surface area contributed by atoms with Crippen LogP contribution < -0.4 is 9.47 Å². The zero-order valence-electron chi connectivity index (χ0n) is 15.6. The first kappa shape index (κ1) is 18.6. The van der Waals surface area contributed by atoms with Crippen LogP contribution in [0.1, 0.15) is 36.7 Å². The van der Waals surface area contributed by atoms with Crippen LogP contribution in [-0.4, -0.2) is 41.1 Å². The number of fused-ring (bicyclic) bond motifs is 1. The molecule has 2 aromatic rings. The summed E-state index contributed by atoms with van der Waals surface area (Å²) in [7, 11) is 3.37. The van der Waals surface area contributed by atoms with Gasteiger partial charge in [0.05, 0.1) is 30.4 Å². The average molecular weight is 448 g/mol. The molecule has 1 fully saturated rings. The van der Waals surface area contributed by atoms with Crippen molar-refractivity contribution >= 4 is 32.9 Å². The number of amidine groups is 1. The molecule has 3 atom stereocenters. The molecule has 2 aliphatic rings. The Morgan fingerprint density at radius 1 is 1.22 bits per heavy atom. The third kappa shape index (κ3) is 3.21. The Bertz CT molecular complexity index is 862. The van der Waals surface area contributed by atoms with E-state index in [1.165, 1.54) is 0 Å². The maximum Gasteiger partial charge on any atom is 0.160 e. The topological polar surface area (TPSA) is 47.0 Å². The fraction of sp³-hybridized carbons (Fsp3) is 0.400. The first-order valence-electron chi connectivity index (χ1n) is 8.99. The molecular weight excluding hydrogens is 426 g/mol. The number of rotatable bonds is 5. The maximum absolute atomic E-state index is 5.75. The van der Waals surface area contributed by atoms with Crippen molar-refractivity contribution in [3.05, 3.63) is 52.3 Å². The highest BCUT2D eigenvalue weighted by Gasteiger charge is 2.46. The molecule has 0 spiro atoms. The molecule has 0 bridgehead atoms. The zero-order valence-corrected chi connectivity index (χ0v) is 18.0. The van der Waals surface area contributed by atoms with Gasteiger partial charge in [0, 0.05) is 29.6 Å². The number of aromatic nitrogens is 1. The molecule has 3 heterocycles. The van der Waals surface area contributed by atoms with Crippen molar-refractivity contribution in [1.82, 2.24) is 9.88 Å². The molecule has 142 valence electrons. The minimum Gasteiger partial charge on any atom is -0.496 e. The van der Waals surface area contributed by atoms with Gasteiger partial charge >= 0.3 is 0 Å². The van der Waals surface area contributed by atoms with Crippen molar-refractivity contribution in [3.63, 3.8) is 0 Å². The van der Waals surface area contributed by atoms with Crippen LogP contribution in [0.5, 0.6) is 11.5 Å². The molecule has 7 heteroatoms. The Morgan fingerprint density at radius 3 is 2.70 bits per heavy atom. The van der Waals surface area contributed by atoms with Gasteiger partial charge in [0.15, 0.2) is 5.17 Å². The number of pyridine rings is 1. The lowest BCUT2D eigenvalue weighted by atomic mass is 9.94. The molecule has 0 aliphatic carbocycles. The van der Waals surface area contributed by atoms with Gasteiger partial charge in [0.1, 0.15) is 17.5 Å². The van der Waals surface area contributed by atoms with Crippen LogP contribution in [0.15, 0.2) is 46.0 Å². The van der Waals surface area contributed by atoms with Crippen molar-refractivity contribution in [2.75, 3.05) is 20.0 Å². The molecule has 0 unspecified atom stereocenters. The molecule has 5 nitrogen and oxygen atoms in total. The van der Waals surface area contributed by atoms with Crippen LogP contribution in [-0.2, 0) is 0 Å². The van der Waals surface area contributed by atoms with E-state index in [4.69, 9.17) is 14.5 Å². The highest BCUT2D eigenvalue weighted by Crippen LogP contribution is 2.51. The molecule has 0 radical (unpaired) electrons. The number of thioether (sulfide) groups is 1. The van der Waals surface area contributed by atoms with Gasteiger partial charge in [-0.05, 0) is 40.5 Å². The molecule has 4 rings (SSSR count). The molecular formula is C20H22BrN3O2S. The third-order valence-electron chi connectivity index (χ3n) is 5.15. The summed E-state index contributed by atoms with van der Waals surface area (Å²) < 4.78 is 12.1. The first-order valence-corrected chi connectivity index (χ1v) is 10.8. The smallest absolute Gasteiger partial charge is 0.160 e. The number of methoxy groups -OCH3 is 2. The van der Waals surface area contributed by atoms with Gasteiger partial charge in [-0.1, -0.05) is 24.8 Å². The number of benzene rings is 1. The molecule has 27 heavy (non-hydrogen) atoms. The molecule has 0 N–H and O–H groups in total. The molecule has 1 aromatic heterocycles. The van der Waals surface area contributed by atoms with E-state index in [9.17, 15) is 0 Å². The summed E-state index contributed by atoms with van der Waals surface area (Å²) in [6, 6.07) is 10.5. The average Bonchev–Trinajstić information content (AvgIpc) is 3.27. The second kappa shape index (κ2) is 7.72. The van der Waals surface area contributed by atoms with Gasteiger partial charge in [0.25, 0.3) is 0 Å². The van der Waals surface area contributed by atoms with Crippen molar-refractivity contribution in [3.8, 4) is 11.5 Å². The summed E-state index contributed by atoms with van der Waals surface area (Å²) in [6.45, 7) is 2.24. The second-order valence-electron chi connectivity index (χ2n) is 6.57. The maximum atomic E-state index is 5.75. The largest absolute Gasteiger partial charge is 0.496 e. The summed E-state index contributed by atoms with van der Waals surface area (Å²) >= 11 is 5.48. The van der Waals surface area contributed by atoms with Crippen molar-refractivity contribution in [2.24, 2.45) is 4.99 Å². The van der Waals surface area contributed by atoms with E-state index >= 15 is 0 Å². The van der Waals surface area contributed by atoms with Gasteiger partial charge in [-0.25, -0.2) is 0 Å². The molecule has 1 aromatic carbocycles. The van der Waals surface area contributed by atoms with Gasteiger partial charge < -0.3 is 14.4 Å². The number of halogens is 1. The van der Waals surface area contributed by atoms with Crippen molar-refractivity contribution in [2.45, 2.75) is 31.5 Å². The van der Waals surface area contributed by atoms with Gasteiger partial charge in [-0.3, -0.25) is 9.98 Å². The van der Waals surface area contributed by atoms with E-state index in [0.29, 0.717) is 6.04 Å². The summed E-state index contributed by atoms with van der Waals surface area (Å²) in [5.74, 6) is 2.64. The fourth-order valence-electron chi connectivity index (χ4n) is 3.80. The molecule has 1 saturated heterocycles. The minimum absolute atomic E-state index is 0.0482. The second-order valence-corrected chi connectivity index (χ2v) is 8.41. The Morgan fingerprint density at radius 2 is 2.04 bits per heavy atom. The summed E-state index contributed by atoms with van der Waals surface area (Å²) in [5, 5.41) is 1.11. The van der Waals surface area contributed by atoms with Crippen molar-refractivity contribution in [1.29, 1.82) is 0 Å². The zero-order chi connectivity index (χ0) is 19.0.